The van der Waals surface area contributed by atoms with Gasteiger partial charge in [0.1, 0.15) is 5.76 Å². The molecule has 0 unspecified atom stereocenters. The van der Waals surface area contributed by atoms with Gasteiger partial charge < -0.3 is 10.2 Å². The van der Waals surface area contributed by atoms with Crippen molar-refractivity contribution < 1.29 is 14.0 Å². The monoisotopic (exact) mass is 398 g/mol. The van der Waals surface area contributed by atoms with Crippen LogP contribution >= 0.6 is 23.2 Å². The number of carbonyl (C=O) groups excluding carboxylic acids is 2. The van der Waals surface area contributed by atoms with Gasteiger partial charge in [-0.15, -0.1) is 0 Å². The van der Waals surface area contributed by atoms with Crippen LogP contribution in [0, 0.1) is 0 Å². The van der Waals surface area contributed by atoms with E-state index in [1.165, 1.54) is 12.1 Å². The normalized spacial score (nSPS) is 13.3. The van der Waals surface area contributed by atoms with Gasteiger partial charge in [0, 0.05) is 29.4 Å². The molecule has 7 heteroatoms. The van der Waals surface area contributed by atoms with Crippen LogP contribution in [0.25, 0.3) is 11.6 Å². The quantitative estimate of drug-likeness (QED) is 0.632. The fourth-order valence-electron chi connectivity index (χ4n) is 3.02. The maximum atomic E-state index is 12.8. The number of fused-ring (bicyclic) bond motifs is 1. The number of nitrogens with zero attached hydrogens (tertiary/aromatic N) is 1. The smallest absolute Gasteiger partial charge is 0.231 e. The number of rotatable bonds is 3. The number of benzene rings is 1. The van der Waals surface area contributed by atoms with Crippen molar-refractivity contribution in [2.75, 3.05) is 5.73 Å². The highest BCUT2D eigenvalue weighted by molar-refractivity contribution is 6.37. The van der Waals surface area contributed by atoms with E-state index < -0.39 is 5.78 Å². The Balaban J connectivity index is 1.80. The number of hydrogen-bond acceptors (Lipinski definition) is 5. The van der Waals surface area contributed by atoms with E-state index in [0.29, 0.717) is 5.02 Å². The molecule has 5 nitrogen and oxygen atoms in total. The van der Waals surface area contributed by atoms with Gasteiger partial charge in [-0.1, -0.05) is 29.3 Å². The number of furan rings is 1. The average Bonchev–Trinajstić information content (AvgIpc) is 2.99. The van der Waals surface area contributed by atoms with E-state index in [4.69, 9.17) is 33.4 Å². The van der Waals surface area contributed by atoms with Gasteiger partial charge in [0.2, 0.25) is 5.78 Å². The summed E-state index contributed by atoms with van der Waals surface area (Å²) in [6, 6.07) is 8.13. The van der Waals surface area contributed by atoms with Gasteiger partial charge in [0.05, 0.1) is 16.3 Å². The third-order valence-corrected chi connectivity index (χ3v) is 4.87. The third kappa shape index (κ3) is 3.05. The second-order valence-electron chi connectivity index (χ2n) is 6.05. The Morgan fingerprint density at radius 3 is 2.74 bits per heavy atom. The Kier molecular flexibility index (Phi) is 4.34. The van der Waals surface area contributed by atoms with Crippen LogP contribution in [0.4, 0.5) is 5.69 Å². The van der Waals surface area contributed by atoms with Gasteiger partial charge in [-0.2, -0.15) is 0 Å². The van der Waals surface area contributed by atoms with Crippen molar-refractivity contribution >= 4 is 52.1 Å². The van der Waals surface area contributed by atoms with Crippen molar-refractivity contribution in [3.63, 3.8) is 0 Å². The maximum absolute atomic E-state index is 12.8. The second-order valence-corrected chi connectivity index (χ2v) is 6.89. The van der Waals surface area contributed by atoms with Crippen molar-refractivity contribution in [1.29, 1.82) is 0 Å². The van der Waals surface area contributed by atoms with Gasteiger partial charge in [0.25, 0.3) is 0 Å². The third-order valence-electron chi connectivity index (χ3n) is 4.32. The summed E-state index contributed by atoms with van der Waals surface area (Å²) in [5, 5.41) is 0.585. The summed E-state index contributed by atoms with van der Waals surface area (Å²) in [6.45, 7) is 0. The van der Waals surface area contributed by atoms with Crippen molar-refractivity contribution in [3.8, 4) is 0 Å². The molecule has 2 aromatic heterocycles. The van der Waals surface area contributed by atoms with Gasteiger partial charge >= 0.3 is 0 Å². The largest absolute Gasteiger partial charge is 0.450 e. The van der Waals surface area contributed by atoms with E-state index in [-0.39, 0.29) is 45.6 Å². The number of carbonyl (C=O) groups is 2. The van der Waals surface area contributed by atoms with Gasteiger partial charge in [-0.05, 0) is 41.5 Å². The molecule has 0 saturated carbocycles. The Labute approximate surface area is 164 Å². The molecule has 0 spiro atoms. The zero-order chi connectivity index (χ0) is 19.1. The number of nitrogen functional groups attached to an aromatic ring is 1. The highest BCUT2D eigenvalue weighted by Gasteiger charge is 2.31. The number of nitrogens with two attached hydrogens (primary N) is 1. The van der Waals surface area contributed by atoms with Crippen molar-refractivity contribution in [1.82, 2.24) is 4.98 Å². The minimum atomic E-state index is -0.507. The fourth-order valence-corrected chi connectivity index (χ4v) is 3.52. The van der Waals surface area contributed by atoms with E-state index in [2.05, 4.69) is 4.98 Å². The molecule has 0 radical (unpaired) electrons. The van der Waals surface area contributed by atoms with E-state index in [9.17, 15) is 9.59 Å². The summed E-state index contributed by atoms with van der Waals surface area (Å²) in [5.74, 6) is -0.571. The van der Waals surface area contributed by atoms with Gasteiger partial charge in [0.15, 0.2) is 11.5 Å². The molecule has 0 saturated heterocycles. The van der Waals surface area contributed by atoms with Gasteiger partial charge in [-0.25, -0.2) is 0 Å². The lowest BCUT2D eigenvalue weighted by Gasteiger charge is -2.11. The predicted octanol–water partition coefficient (Wildman–Crippen LogP) is 4.92. The lowest BCUT2D eigenvalue weighted by Crippen LogP contribution is -2.10. The Morgan fingerprint density at radius 1 is 1.22 bits per heavy atom. The van der Waals surface area contributed by atoms with Crippen LogP contribution < -0.4 is 5.73 Å². The number of halogens is 2. The number of anilines is 1. The Bertz CT molecular complexity index is 1120. The Morgan fingerprint density at radius 2 is 2.04 bits per heavy atom. The second kappa shape index (κ2) is 6.68. The molecule has 0 bridgehead atoms. The minimum absolute atomic E-state index is 0.0208. The van der Waals surface area contributed by atoms with Crippen LogP contribution in [0.5, 0.6) is 0 Å². The first-order chi connectivity index (χ1) is 13.0. The van der Waals surface area contributed by atoms with Crippen LogP contribution in [0.3, 0.4) is 0 Å². The number of pyridine rings is 1. The number of aromatic nitrogens is 1. The topological polar surface area (TPSA) is 86.2 Å². The molecule has 4 rings (SSSR count). The first-order valence-corrected chi connectivity index (χ1v) is 8.77. The van der Waals surface area contributed by atoms with Crippen LogP contribution in [-0.2, 0) is 0 Å². The number of Topliss-reactive ketones (excluding diaryl/α,β-unsaturated/α-hetero) is 1. The lowest BCUT2D eigenvalue weighted by atomic mass is 9.91. The molecule has 1 aliphatic carbocycles. The SMILES string of the molecule is Nc1c(C(=O)c2ccc(Cl)cc2Cl)oc2c1C(=O)CC(c1cccnc1)=C2. The lowest BCUT2D eigenvalue weighted by molar-refractivity contribution is 0.0991. The zero-order valence-corrected chi connectivity index (χ0v) is 15.3. The van der Waals surface area contributed by atoms with Gasteiger partial charge in [-0.3, -0.25) is 14.6 Å². The minimum Gasteiger partial charge on any atom is -0.450 e. The van der Waals surface area contributed by atoms with Crippen molar-refractivity contribution in [2.45, 2.75) is 6.42 Å². The van der Waals surface area contributed by atoms with Crippen molar-refractivity contribution in [2.24, 2.45) is 0 Å². The molecule has 134 valence electrons. The number of hydrogen-bond donors (Lipinski definition) is 1. The number of ketones is 2. The maximum Gasteiger partial charge on any atom is 0.231 e. The molecule has 0 fully saturated rings. The van der Waals surface area contributed by atoms with E-state index in [0.717, 1.165) is 11.1 Å². The van der Waals surface area contributed by atoms with E-state index in [1.54, 1.807) is 30.6 Å². The van der Waals surface area contributed by atoms with Crippen LogP contribution in [0.2, 0.25) is 10.0 Å². The van der Waals surface area contributed by atoms with Crippen LogP contribution in [0.15, 0.2) is 47.1 Å². The molecule has 3 aromatic rings. The zero-order valence-electron chi connectivity index (χ0n) is 13.8. The molecular weight excluding hydrogens is 387 g/mol. The standard InChI is InChI=1S/C20H12Cl2N2O3/c21-12-3-4-13(14(22)8-12)19(26)20-18(23)17-15(25)6-11(7-16(17)27-20)10-2-1-5-24-9-10/h1-5,7-9H,6,23H2. The molecule has 0 atom stereocenters. The molecule has 27 heavy (non-hydrogen) atoms. The first kappa shape index (κ1) is 17.5. The Hall–Kier alpha value is -2.89. The summed E-state index contributed by atoms with van der Waals surface area (Å²) in [6.07, 6.45) is 5.18. The van der Waals surface area contributed by atoms with Crippen LogP contribution in [-0.4, -0.2) is 16.6 Å². The molecule has 0 amide bonds. The summed E-state index contributed by atoms with van der Waals surface area (Å²) < 4.78 is 5.68. The molecule has 2 N–H and O–H groups in total. The predicted molar refractivity (Wildman–Crippen MR) is 104 cm³/mol. The summed E-state index contributed by atoms with van der Waals surface area (Å²) in [7, 11) is 0. The van der Waals surface area contributed by atoms with E-state index in [1.807, 2.05) is 6.07 Å². The summed E-state index contributed by atoms with van der Waals surface area (Å²) in [5.41, 5.74) is 8.06. The average molecular weight is 399 g/mol. The first-order valence-electron chi connectivity index (χ1n) is 8.02. The summed E-state index contributed by atoms with van der Waals surface area (Å²) in [4.78, 5) is 29.5. The highest BCUT2D eigenvalue weighted by Crippen LogP contribution is 2.37. The van der Waals surface area contributed by atoms with Crippen molar-refractivity contribution in [3.05, 3.63) is 81.0 Å². The molecule has 2 heterocycles. The fraction of sp³-hybridized carbons (Fsp3) is 0.0500. The molecule has 0 aliphatic heterocycles. The molecular formula is C20H12Cl2N2O3. The molecule has 1 aromatic carbocycles. The summed E-state index contributed by atoms with van der Waals surface area (Å²) >= 11 is 12.0. The van der Waals surface area contributed by atoms with E-state index >= 15 is 0 Å². The highest BCUT2D eigenvalue weighted by atomic mass is 35.5. The number of allylic oxidation sites excluding steroid dienone is 1. The van der Waals surface area contributed by atoms with Crippen LogP contribution in [0.1, 0.15) is 44.2 Å². The molecule has 1 aliphatic rings.